The van der Waals surface area contributed by atoms with Crippen molar-refractivity contribution in [3.63, 3.8) is 0 Å². The summed E-state index contributed by atoms with van der Waals surface area (Å²) in [5.41, 5.74) is 2.19. The number of hydrogen-bond donors (Lipinski definition) is 0. The summed E-state index contributed by atoms with van der Waals surface area (Å²) >= 11 is 1.77. The molecule has 0 radical (unpaired) electrons. The summed E-state index contributed by atoms with van der Waals surface area (Å²) in [6.07, 6.45) is 0.623. The summed E-state index contributed by atoms with van der Waals surface area (Å²) in [5.74, 6) is 0.565. The molecule has 4 nitrogen and oxygen atoms in total. The quantitative estimate of drug-likeness (QED) is 0.821. The lowest BCUT2D eigenvalue weighted by Gasteiger charge is -2.24. The third kappa shape index (κ3) is 3.26. The summed E-state index contributed by atoms with van der Waals surface area (Å²) < 4.78 is 13.4. The van der Waals surface area contributed by atoms with Crippen molar-refractivity contribution in [3.05, 3.63) is 59.9 Å². The maximum atomic E-state index is 13.4. The van der Waals surface area contributed by atoms with E-state index in [4.69, 9.17) is 4.84 Å². The highest BCUT2D eigenvalue weighted by atomic mass is 32.2. The Hall–Kier alpha value is -2.34. The van der Waals surface area contributed by atoms with Gasteiger partial charge in [0.05, 0.1) is 11.4 Å². The van der Waals surface area contributed by atoms with Crippen LogP contribution in [-0.4, -0.2) is 30.0 Å². The molecule has 1 amide bonds. The number of rotatable bonds is 2. The summed E-state index contributed by atoms with van der Waals surface area (Å²) in [6, 6.07) is 14.1. The van der Waals surface area contributed by atoms with Gasteiger partial charge in [-0.15, -0.1) is 11.8 Å². The van der Waals surface area contributed by atoms with Crippen LogP contribution in [0, 0.1) is 5.82 Å². The van der Waals surface area contributed by atoms with E-state index in [2.05, 4.69) is 5.16 Å². The molecule has 0 saturated carbocycles. The number of carbonyl (C=O) groups is 1. The molecule has 6 heteroatoms. The molecule has 2 aliphatic rings. The number of amides is 1. The van der Waals surface area contributed by atoms with E-state index < -0.39 is 6.10 Å². The van der Waals surface area contributed by atoms with E-state index in [1.54, 1.807) is 28.8 Å². The minimum Gasteiger partial charge on any atom is -0.382 e. The number of thioether (sulfide) groups is 1. The highest BCUT2D eigenvalue weighted by Gasteiger charge is 2.34. The number of benzene rings is 2. The van der Waals surface area contributed by atoms with E-state index in [-0.39, 0.29) is 11.7 Å². The zero-order valence-electron chi connectivity index (χ0n) is 13.5. The van der Waals surface area contributed by atoms with Gasteiger partial charge in [0.2, 0.25) is 6.10 Å². The predicted molar refractivity (Wildman–Crippen MR) is 96.6 cm³/mol. The number of para-hydroxylation sites is 1. The molecule has 2 heterocycles. The molecule has 2 aliphatic heterocycles. The molecule has 1 atom stereocenters. The Morgan fingerprint density at radius 1 is 1.24 bits per heavy atom. The summed E-state index contributed by atoms with van der Waals surface area (Å²) in [6.45, 7) is 0.665. The van der Waals surface area contributed by atoms with Crippen LogP contribution in [0.2, 0.25) is 0 Å². The monoisotopic (exact) mass is 356 g/mol. The van der Waals surface area contributed by atoms with Crippen molar-refractivity contribution in [3.8, 4) is 0 Å². The molecular weight excluding hydrogens is 339 g/mol. The van der Waals surface area contributed by atoms with Crippen LogP contribution < -0.4 is 4.90 Å². The van der Waals surface area contributed by atoms with E-state index in [0.29, 0.717) is 24.2 Å². The first kappa shape index (κ1) is 16.1. The van der Waals surface area contributed by atoms with Gasteiger partial charge in [-0.3, -0.25) is 4.79 Å². The topological polar surface area (TPSA) is 41.9 Å². The highest BCUT2D eigenvalue weighted by Crippen LogP contribution is 2.34. The average molecular weight is 356 g/mol. The van der Waals surface area contributed by atoms with Crippen molar-refractivity contribution in [1.82, 2.24) is 0 Å². The molecule has 2 aromatic rings. The van der Waals surface area contributed by atoms with Crippen LogP contribution in [0.3, 0.4) is 0 Å². The molecule has 0 aromatic heterocycles. The van der Waals surface area contributed by atoms with Gasteiger partial charge >= 0.3 is 0 Å². The number of oxime groups is 1. The molecule has 0 fully saturated rings. The fourth-order valence-corrected chi connectivity index (χ4v) is 4.07. The van der Waals surface area contributed by atoms with Gasteiger partial charge in [0.25, 0.3) is 5.91 Å². The van der Waals surface area contributed by atoms with E-state index in [9.17, 15) is 9.18 Å². The molecule has 2 aromatic carbocycles. The molecule has 0 N–H and O–H groups in total. The van der Waals surface area contributed by atoms with Gasteiger partial charge in [0, 0.05) is 23.4 Å². The summed E-state index contributed by atoms with van der Waals surface area (Å²) in [5, 5.41) is 4.02. The number of anilines is 1. The van der Waals surface area contributed by atoms with Gasteiger partial charge in [-0.05, 0) is 36.4 Å². The Labute approximate surface area is 149 Å². The Balaban J connectivity index is 1.53. The SMILES string of the molecule is O=C([C@@H]1CC(c2cccc(F)c2)=NO1)N1CCCSc2ccccc21. The fraction of sp³-hybridized carbons (Fsp3) is 0.263. The van der Waals surface area contributed by atoms with Crippen LogP contribution in [0.25, 0.3) is 0 Å². The van der Waals surface area contributed by atoms with Gasteiger partial charge in [-0.25, -0.2) is 4.39 Å². The van der Waals surface area contributed by atoms with Gasteiger partial charge < -0.3 is 9.74 Å². The van der Waals surface area contributed by atoms with Gasteiger partial charge in [-0.1, -0.05) is 29.4 Å². The average Bonchev–Trinajstić information content (AvgIpc) is 3.02. The van der Waals surface area contributed by atoms with Crippen LogP contribution in [0.1, 0.15) is 18.4 Å². The number of fused-ring (bicyclic) bond motifs is 1. The minimum atomic E-state index is -0.658. The molecule has 0 unspecified atom stereocenters. The van der Waals surface area contributed by atoms with Crippen LogP contribution in [0.5, 0.6) is 0 Å². The second kappa shape index (κ2) is 6.88. The molecule has 4 rings (SSSR count). The molecule has 25 heavy (non-hydrogen) atoms. The Morgan fingerprint density at radius 2 is 2.12 bits per heavy atom. The van der Waals surface area contributed by atoms with Gasteiger partial charge in [-0.2, -0.15) is 0 Å². The lowest BCUT2D eigenvalue weighted by Crippen LogP contribution is -2.40. The lowest BCUT2D eigenvalue weighted by molar-refractivity contribution is -0.128. The largest absolute Gasteiger partial charge is 0.382 e. The van der Waals surface area contributed by atoms with Gasteiger partial charge in [0.15, 0.2) is 0 Å². The number of hydrogen-bond acceptors (Lipinski definition) is 4. The van der Waals surface area contributed by atoms with E-state index in [0.717, 1.165) is 22.8 Å². The van der Waals surface area contributed by atoms with Crippen LogP contribution in [0.15, 0.2) is 58.6 Å². The van der Waals surface area contributed by atoms with E-state index in [1.807, 2.05) is 24.3 Å². The van der Waals surface area contributed by atoms with Crippen molar-refractivity contribution < 1.29 is 14.0 Å². The van der Waals surface area contributed by atoms with Crippen molar-refractivity contribution in [1.29, 1.82) is 0 Å². The first-order valence-corrected chi connectivity index (χ1v) is 9.23. The van der Waals surface area contributed by atoms with Crippen LogP contribution in [0.4, 0.5) is 10.1 Å². The maximum absolute atomic E-state index is 13.4. The molecule has 128 valence electrons. The zero-order valence-corrected chi connectivity index (χ0v) is 14.3. The molecule has 0 aliphatic carbocycles. The highest BCUT2D eigenvalue weighted by molar-refractivity contribution is 7.99. The minimum absolute atomic E-state index is 0.0925. The molecule has 0 spiro atoms. The third-order valence-corrected chi connectivity index (χ3v) is 5.46. The van der Waals surface area contributed by atoms with Crippen molar-refractivity contribution >= 4 is 29.1 Å². The first-order chi connectivity index (χ1) is 12.2. The van der Waals surface area contributed by atoms with Crippen LogP contribution in [-0.2, 0) is 9.63 Å². The van der Waals surface area contributed by atoms with Crippen molar-refractivity contribution in [2.24, 2.45) is 5.16 Å². The molecule has 0 bridgehead atoms. The summed E-state index contributed by atoms with van der Waals surface area (Å²) in [7, 11) is 0. The first-order valence-electron chi connectivity index (χ1n) is 8.24. The maximum Gasteiger partial charge on any atom is 0.271 e. The Morgan fingerprint density at radius 3 is 3.00 bits per heavy atom. The van der Waals surface area contributed by atoms with E-state index in [1.165, 1.54) is 12.1 Å². The smallest absolute Gasteiger partial charge is 0.271 e. The van der Waals surface area contributed by atoms with E-state index >= 15 is 0 Å². The van der Waals surface area contributed by atoms with Crippen LogP contribution >= 0.6 is 11.8 Å². The Kier molecular flexibility index (Phi) is 4.44. The molecule has 0 saturated heterocycles. The van der Waals surface area contributed by atoms with Crippen molar-refractivity contribution in [2.45, 2.75) is 23.8 Å². The lowest BCUT2D eigenvalue weighted by atomic mass is 10.0. The number of halogens is 1. The Bertz CT molecular complexity index is 840. The third-order valence-electron chi connectivity index (χ3n) is 4.31. The molecular formula is C19H17FN2O2S. The fourth-order valence-electron chi connectivity index (χ4n) is 3.08. The zero-order chi connectivity index (χ0) is 17.2. The second-order valence-corrected chi connectivity index (χ2v) is 7.14. The summed E-state index contributed by atoms with van der Waals surface area (Å²) in [4.78, 5) is 21.3. The normalized spacial score (nSPS) is 19.6. The standard InChI is InChI=1S/C19H17FN2O2S/c20-14-6-3-5-13(11-14)15-12-17(24-21-15)19(23)22-9-4-10-25-18-8-2-1-7-16(18)22/h1-3,5-8,11,17H,4,9-10,12H2/t17-/m0/s1. The van der Waals surface area contributed by atoms with Crippen molar-refractivity contribution in [2.75, 3.05) is 17.2 Å². The number of carbonyl (C=O) groups excluding carboxylic acids is 1. The van der Waals surface area contributed by atoms with Gasteiger partial charge in [0.1, 0.15) is 5.82 Å². The number of nitrogens with zero attached hydrogens (tertiary/aromatic N) is 2. The predicted octanol–water partition coefficient (Wildman–Crippen LogP) is 3.85. The second-order valence-electron chi connectivity index (χ2n) is 6.01.